The smallest absolute Gasteiger partial charge is 0.277 e. The average Bonchev–Trinajstić information content (AvgIpc) is 0.989. The number of nitro benzene ring substituents is 1. The highest BCUT2D eigenvalue weighted by molar-refractivity contribution is 6.26. The van der Waals surface area contributed by atoms with E-state index < -0.39 is 0 Å². The normalized spacial score (nSPS) is 19.5. The first-order chi connectivity index (χ1) is 40.4. The molecule has 1 heterocycles. The van der Waals surface area contributed by atoms with Crippen molar-refractivity contribution in [2.24, 2.45) is 11.8 Å². The molecule has 0 aromatic heterocycles. The van der Waals surface area contributed by atoms with Gasteiger partial charge in [0.2, 0.25) is 5.91 Å². The monoisotopic (exact) mass is 1100 g/mol. The summed E-state index contributed by atoms with van der Waals surface area (Å²) >= 11 is 0. The highest BCUT2D eigenvalue weighted by atomic mass is 16.6. The molecule has 1 amide bonds. The number of nitrogens with zero attached hydrogens (tertiary/aromatic N) is 3. The van der Waals surface area contributed by atoms with E-state index in [-0.39, 0.29) is 63.0 Å². The molecule has 0 spiro atoms. The lowest BCUT2D eigenvalue weighted by Gasteiger charge is -2.42. The van der Waals surface area contributed by atoms with Crippen LogP contribution in [0.3, 0.4) is 0 Å². The van der Waals surface area contributed by atoms with Crippen molar-refractivity contribution in [2.45, 2.75) is 110 Å². The number of hydrogen-bond donors (Lipinski definition) is 0. The first-order valence-corrected chi connectivity index (χ1v) is 30.3. The molecule has 0 radical (unpaired) electrons. The maximum atomic E-state index is 15.2. The summed E-state index contributed by atoms with van der Waals surface area (Å²) in [7, 11) is 0. The van der Waals surface area contributed by atoms with E-state index in [1.165, 1.54) is 61.2 Å². The van der Waals surface area contributed by atoms with Crippen molar-refractivity contribution in [3.63, 3.8) is 0 Å². The summed E-state index contributed by atoms with van der Waals surface area (Å²) in [5, 5.41) is 21.1. The van der Waals surface area contributed by atoms with Crippen molar-refractivity contribution >= 4 is 72.6 Å². The summed E-state index contributed by atoms with van der Waals surface area (Å²) in [6.45, 7) is 23.4. The molecule has 10 aromatic carbocycles. The van der Waals surface area contributed by atoms with Crippen LogP contribution in [0.1, 0.15) is 131 Å². The Morgan fingerprint density at radius 2 is 1.19 bits per heavy atom. The number of anilines is 3. The Morgan fingerprint density at radius 3 is 1.92 bits per heavy atom. The molecule has 0 N–H and O–H groups in total. The van der Waals surface area contributed by atoms with Crippen molar-refractivity contribution in [1.29, 1.82) is 0 Å². The van der Waals surface area contributed by atoms with Crippen LogP contribution in [0, 0.1) is 22.0 Å². The van der Waals surface area contributed by atoms with Crippen LogP contribution in [0.2, 0.25) is 0 Å². The molecule has 0 bridgehead atoms. The summed E-state index contributed by atoms with van der Waals surface area (Å²) < 4.78 is 0. The fourth-order valence-electron chi connectivity index (χ4n) is 16.4. The Hall–Kier alpha value is -8.87. The Balaban J connectivity index is 0.808. The van der Waals surface area contributed by atoms with Crippen molar-refractivity contribution < 1.29 is 9.72 Å². The van der Waals surface area contributed by atoms with Gasteiger partial charge in [0.1, 0.15) is 0 Å². The predicted molar refractivity (Wildman–Crippen MR) is 349 cm³/mol. The summed E-state index contributed by atoms with van der Waals surface area (Å²) in [5.41, 5.74) is 21.6. The maximum Gasteiger partial charge on any atom is 0.277 e. The number of carbonyl (C=O) groups is 1. The number of amides is 1. The highest BCUT2D eigenvalue weighted by Crippen LogP contribution is 2.56. The summed E-state index contributed by atoms with van der Waals surface area (Å²) in [5.74, 6) is 0.493. The van der Waals surface area contributed by atoms with E-state index in [9.17, 15) is 10.1 Å². The predicted octanol–water partition coefficient (Wildman–Crippen LogP) is 19.2. The molecule has 5 aliphatic rings. The minimum absolute atomic E-state index is 0.00990. The molecule has 15 rings (SSSR count). The third-order valence-corrected chi connectivity index (χ3v) is 20.4. The van der Waals surface area contributed by atoms with E-state index in [4.69, 9.17) is 0 Å². The van der Waals surface area contributed by atoms with Crippen molar-refractivity contribution in [2.75, 3.05) is 9.80 Å². The molecule has 10 aromatic rings. The number of nitro groups is 1. The van der Waals surface area contributed by atoms with E-state index in [0.717, 1.165) is 76.9 Å². The summed E-state index contributed by atoms with van der Waals surface area (Å²) in [4.78, 5) is 33.0. The number of para-hydroxylation sites is 1. The largest absolute Gasteiger partial charge is 0.334 e. The standard InChI is InChI=1S/C78H69N3O3/c1-43(2)52-19-15-20-53(44(3)4)75(52)79-42-49-28-33-61-60-22-16-21-59-54(35-36-62(72(59)60)64-39-45(5)70(76(79)82)71(49)73(61)64)58-32-27-48(40-69(58)81(83)84)47-25-29-50(30-26-47)80(51-31-34-57-55-17-11-13-23-65(55)77(7,8)67(57)41-51)68-38-37-63-56-18-12-14-24-66(56)78(9,10)74(63)46(68)6/h11-41,43-46,68,70H,42H2,1-10H3. The van der Waals surface area contributed by atoms with Crippen LogP contribution in [0.15, 0.2) is 188 Å². The lowest BCUT2D eigenvalue weighted by Crippen LogP contribution is -2.44. The van der Waals surface area contributed by atoms with Crippen LogP contribution in [0.4, 0.5) is 22.7 Å². The Bertz CT molecular complexity index is 4620. The van der Waals surface area contributed by atoms with Crippen LogP contribution < -0.4 is 15.0 Å². The molecule has 4 atom stereocenters. The number of carbonyl (C=O) groups excluding carboxylic acids is 1. The lowest BCUT2D eigenvalue weighted by molar-refractivity contribution is -0.384. The van der Waals surface area contributed by atoms with Gasteiger partial charge in [0.15, 0.2) is 0 Å². The average molecular weight is 1100 g/mol. The van der Waals surface area contributed by atoms with Gasteiger partial charge >= 0.3 is 0 Å². The number of benzene rings is 10. The number of allylic oxidation sites excluding steroid dienone is 2. The molecule has 414 valence electrons. The van der Waals surface area contributed by atoms with Crippen LogP contribution >= 0.6 is 0 Å². The van der Waals surface area contributed by atoms with Crippen LogP contribution in [0.25, 0.3) is 77.3 Å². The van der Waals surface area contributed by atoms with E-state index in [0.29, 0.717) is 12.1 Å². The number of fused-ring (bicyclic) bond motifs is 7. The van der Waals surface area contributed by atoms with Gasteiger partial charge < -0.3 is 9.80 Å². The molecule has 6 nitrogen and oxygen atoms in total. The van der Waals surface area contributed by atoms with E-state index in [2.05, 4.69) is 249 Å². The molecule has 4 aliphatic carbocycles. The molecular formula is C78H69N3O3. The van der Waals surface area contributed by atoms with Gasteiger partial charge in [-0.3, -0.25) is 14.9 Å². The van der Waals surface area contributed by atoms with Crippen molar-refractivity contribution in [1.82, 2.24) is 0 Å². The molecule has 4 unspecified atom stereocenters. The Kier molecular flexibility index (Phi) is 11.5. The van der Waals surface area contributed by atoms with Gasteiger partial charge in [0.25, 0.3) is 5.69 Å². The van der Waals surface area contributed by atoms with E-state index in [1.54, 1.807) is 6.07 Å². The van der Waals surface area contributed by atoms with Gasteiger partial charge in [-0.1, -0.05) is 221 Å². The molecule has 0 fully saturated rings. The Labute approximate surface area is 492 Å². The fourth-order valence-corrected chi connectivity index (χ4v) is 16.4. The second-order valence-electron chi connectivity index (χ2n) is 26.3. The minimum atomic E-state index is -0.317. The van der Waals surface area contributed by atoms with Crippen LogP contribution in [0.5, 0.6) is 0 Å². The van der Waals surface area contributed by atoms with Crippen LogP contribution in [-0.4, -0.2) is 16.9 Å². The Morgan fingerprint density at radius 1 is 0.583 bits per heavy atom. The van der Waals surface area contributed by atoms with Crippen molar-refractivity contribution in [3.8, 4) is 33.4 Å². The van der Waals surface area contributed by atoms with Gasteiger partial charge in [0.05, 0.1) is 34.7 Å². The molecule has 1 aliphatic heterocycles. The highest BCUT2D eigenvalue weighted by Gasteiger charge is 2.46. The second-order valence-corrected chi connectivity index (χ2v) is 26.3. The zero-order chi connectivity index (χ0) is 58.0. The summed E-state index contributed by atoms with van der Waals surface area (Å²) in [6.07, 6.45) is 7.10. The van der Waals surface area contributed by atoms with Crippen molar-refractivity contribution in [3.05, 3.63) is 247 Å². The minimum Gasteiger partial charge on any atom is -0.334 e. The molecule has 84 heavy (non-hydrogen) atoms. The van der Waals surface area contributed by atoms with Gasteiger partial charge in [-0.15, -0.1) is 0 Å². The summed E-state index contributed by atoms with van der Waals surface area (Å²) in [6, 6.07) is 60.8. The number of hydrogen-bond acceptors (Lipinski definition) is 4. The second kappa shape index (κ2) is 18.6. The maximum absolute atomic E-state index is 15.2. The molecule has 0 saturated carbocycles. The quantitative estimate of drug-likeness (QED) is 0.0625. The van der Waals surface area contributed by atoms with Crippen LogP contribution in [-0.2, 0) is 22.2 Å². The molecular weight excluding hydrogens is 1030 g/mol. The molecule has 0 saturated heterocycles. The van der Waals surface area contributed by atoms with E-state index in [1.807, 2.05) is 12.1 Å². The van der Waals surface area contributed by atoms with E-state index >= 15 is 4.79 Å². The zero-order valence-corrected chi connectivity index (χ0v) is 49.6. The SMILES string of the molecule is CC(C)c1cccc(C(C)C)c1N1Cc2ccc3c4c2C(C1=O)C(C)C=c4c1ccc(-c2ccc(-c4ccc(N(c5ccc6c(c5)C(C)(C)c5ccccc5-6)C5C=CC6=C(C5C)C(C)(C)c5ccccc56)cc4)cc2[N+](=O)[O-])c2cccc3c21. The first-order valence-electron chi connectivity index (χ1n) is 30.3. The lowest BCUT2D eigenvalue weighted by atomic mass is 9.72. The zero-order valence-electron chi connectivity index (χ0n) is 49.6. The van der Waals surface area contributed by atoms with Gasteiger partial charge in [-0.25, -0.2) is 0 Å². The molecule has 6 heteroatoms. The number of rotatable bonds is 9. The third kappa shape index (κ3) is 7.31. The topological polar surface area (TPSA) is 66.7 Å². The van der Waals surface area contributed by atoms with Gasteiger partial charge in [-0.05, 0) is 169 Å². The first kappa shape index (κ1) is 52.0. The third-order valence-electron chi connectivity index (χ3n) is 20.4. The van der Waals surface area contributed by atoms with Gasteiger partial charge in [0, 0.05) is 34.2 Å². The fraction of sp³-hybridized carbons (Fsp3) is 0.244. The van der Waals surface area contributed by atoms with Gasteiger partial charge in [-0.2, -0.15) is 0 Å².